The molecule has 0 aliphatic heterocycles. The maximum Gasteiger partial charge on any atom is 0.308 e. The third kappa shape index (κ3) is 5.56. The van der Waals surface area contributed by atoms with Crippen molar-refractivity contribution in [2.75, 3.05) is 0 Å². The van der Waals surface area contributed by atoms with E-state index in [0.717, 1.165) is 33.4 Å². The fourth-order valence-electron chi connectivity index (χ4n) is 4.56. The van der Waals surface area contributed by atoms with Crippen LogP contribution in [0.2, 0.25) is 0 Å². The van der Waals surface area contributed by atoms with E-state index in [1.54, 1.807) is 0 Å². The number of ether oxygens (including phenoxy) is 2. The summed E-state index contributed by atoms with van der Waals surface area (Å²) in [6.45, 7) is 15.1. The van der Waals surface area contributed by atoms with Crippen molar-refractivity contribution in [2.24, 2.45) is 0 Å². The Morgan fingerprint density at radius 3 is 1.21 bits per heavy atom. The van der Waals surface area contributed by atoms with Gasteiger partial charge >= 0.3 is 11.9 Å². The predicted molar refractivity (Wildman–Crippen MR) is 136 cm³/mol. The molecule has 0 aromatic heterocycles. The number of carbonyl (C=O) groups is 2. The maximum atomic E-state index is 11.6. The number of rotatable bonds is 6. The number of benzene rings is 3. The van der Waals surface area contributed by atoms with E-state index in [0.29, 0.717) is 17.4 Å². The molecule has 0 radical (unpaired) electrons. The molecule has 3 aromatic rings. The molecule has 0 N–H and O–H groups in total. The summed E-state index contributed by atoms with van der Waals surface area (Å²) >= 11 is 0. The molecule has 4 nitrogen and oxygen atoms in total. The van der Waals surface area contributed by atoms with Crippen molar-refractivity contribution in [1.82, 2.24) is 0 Å². The molecule has 0 atom stereocenters. The summed E-state index contributed by atoms with van der Waals surface area (Å²) in [5.74, 6) is 0.992. The minimum atomic E-state index is -0.327. The Kier molecular flexibility index (Phi) is 7.61. The first-order valence-electron chi connectivity index (χ1n) is 11.7. The molecular formula is C30H34O4. The van der Waals surface area contributed by atoms with Crippen molar-refractivity contribution in [2.45, 2.75) is 67.2 Å². The first-order valence-corrected chi connectivity index (χ1v) is 11.7. The minimum Gasteiger partial charge on any atom is -0.426 e. The average Bonchev–Trinajstić information content (AvgIpc) is 2.74. The van der Waals surface area contributed by atoms with E-state index in [9.17, 15) is 9.59 Å². The van der Waals surface area contributed by atoms with Gasteiger partial charge in [-0.3, -0.25) is 9.59 Å². The van der Waals surface area contributed by atoms with Crippen LogP contribution in [0, 0.1) is 27.7 Å². The lowest BCUT2D eigenvalue weighted by Crippen LogP contribution is -2.10. The third-order valence-electron chi connectivity index (χ3n) is 6.06. The molecule has 0 saturated heterocycles. The van der Waals surface area contributed by atoms with Crippen LogP contribution in [0.4, 0.5) is 0 Å². The van der Waals surface area contributed by atoms with Gasteiger partial charge in [-0.2, -0.15) is 0 Å². The lowest BCUT2D eigenvalue weighted by molar-refractivity contribution is -0.132. The highest BCUT2D eigenvalue weighted by Gasteiger charge is 2.22. The van der Waals surface area contributed by atoms with Gasteiger partial charge in [-0.25, -0.2) is 0 Å². The number of hydrogen-bond acceptors (Lipinski definition) is 4. The fraction of sp³-hybridized carbons (Fsp3) is 0.333. The van der Waals surface area contributed by atoms with Crippen LogP contribution < -0.4 is 9.47 Å². The molecule has 34 heavy (non-hydrogen) atoms. The first-order chi connectivity index (χ1) is 16.0. The topological polar surface area (TPSA) is 52.6 Å². The molecular weight excluding hydrogens is 424 g/mol. The van der Waals surface area contributed by atoms with E-state index in [1.165, 1.54) is 25.0 Å². The predicted octanol–water partition coefficient (Wildman–Crippen LogP) is 7.07. The number of hydrogen-bond donors (Lipinski definition) is 0. The fourth-order valence-corrected chi connectivity index (χ4v) is 4.56. The van der Waals surface area contributed by atoms with Crippen LogP contribution in [0.15, 0.2) is 48.5 Å². The zero-order chi connectivity index (χ0) is 25.2. The Labute approximate surface area is 202 Å². The van der Waals surface area contributed by atoms with E-state index in [2.05, 4.69) is 62.4 Å². The van der Waals surface area contributed by atoms with E-state index >= 15 is 0 Å². The Hall–Kier alpha value is -3.40. The van der Waals surface area contributed by atoms with Crippen molar-refractivity contribution >= 4 is 11.9 Å². The van der Waals surface area contributed by atoms with Crippen LogP contribution in [-0.4, -0.2) is 11.9 Å². The van der Waals surface area contributed by atoms with Crippen LogP contribution in [0.1, 0.15) is 84.0 Å². The molecule has 178 valence electrons. The summed E-state index contributed by atoms with van der Waals surface area (Å²) in [7, 11) is 0. The molecule has 3 rings (SSSR count). The van der Waals surface area contributed by atoms with Gasteiger partial charge in [-0.1, -0.05) is 62.4 Å². The van der Waals surface area contributed by atoms with Gasteiger partial charge in [0, 0.05) is 19.8 Å². The molecule has 0 bridgehead atoms. The smallest absolute Gasteiger partial charge is 0.308 e. The molecule has 0 fully saturated rings. The standard InChI is InChI=1S/C30H34O4/c1-17(2)24-9-11-25(12-10-24)28(26-13-18(3)29(19(4)14-26)33-22(7)31)27-15-20(5)30(21(6)16-27)34-23(8)32/h9-17,28H,1-8H3. The Morgan fingerprint density at radius 2 is 0.912 bits per heavy atom. The van der Waals surface area contributed by atoms with Gasteiger partial charge in [0.15, 0.2) is 0 Å². The summed E-state index contributed by atoms with van der Waals surface area (Å²) in [5, 5.41) is 0. The molecule has 0 unspecified atom stereocenters. The molecule has 0 aliphatic rings. The van der Waals surface area contributed by atoms with E-state index in [4.69, 9.17) is 9.47 Å². The first kappa shape index (κ1) is 25.2. The highest BCUT2D eigenvalue weighted by atomic mass is 16.5. The molecule has 0 spiro atoms. The highest BCUT2D eigenvalue weighted by Crippen LogP contribution is 2.39. The van der Waals surface area contributed by atoms with Gasteiger partial charge in [-0.15, -0.1) is 0 Å². The molecule has 3 aromatic carbocycles. The Balaban J connectivity index is 2.20. The second-order valence-corrected chi connectivity index (χ2v) is 9.41. The van der Waals surface area contributed by atoms with Crippen LogP contribution in [0.25, 0.3) is 0 Å². The average molecular weight is 459 g/mol. The zero-order valence-corrected chi connectivity index (χ0v) is 21.4. The summed E-state index contributed by atoms with van der Waals surface area (Å²) in [6.07, 6.45) is 0. The monoisotopic (exact) mass is 458 g/mol. The number of carbonyl (C=O) groups excluding carboxylic acids is 2. The van der Waals surface area contributed by atoms with Crippen molar-refractivity contribution in [3.05, 3.63) is 93.0 Å². The lowest BCUT2D eigenvalue weighted by atomic mass is 9.82. The largest absolute Gasteiger partial charge is 0.426 e. The van der Waals surface area contributed by atoms with E-state index in [1.807, 2.05) is 27.7 Å². The molecule has 0 heterocycles. The Morgan fingerprint density at radius 1 is 0.588 bits per heavy atom. The van der Waals surface area contributed by atoms with Crippen molar-refractivity contribution in [3.63, 3.8) is 0 Å². The van der Waals surface area contributed by atoms with Crippen LogP contribution in [-0.2, 0) is 9.59 Å². The van der Waals surface area contributed by atoms with Crippen LogP contribution in [0.5, 0.6) is 11.5 Å². The summed E-state index contributed by atoms with van der Waals surface area (Å²) in [5.41, 5.74) is 8.35. The third-order valence-corrected chi connectivity index (χ3v) is 6.06. The molecule has 0 amide bonds. The quantitative estimate of drug-likeness (QED) is 0.225. The molecule has 0 aliphatic carbocycles. The van der Waals surface area contributed by atoms with Gasteiger partial charge in [0.1, 0.15) is 11.5 Å². The van der Waals surface area contributed by atoms with Gasteiger partial charge in [0.05, 0.1) is 0 Å². The SMILES string of the molecule is CC(=O)Oc1c(C)cc(C(c2ccc(C(C)C)cc2)c2cc(C)c(OC(C)=O)c(C)c2)cc1C. The number of esters is 2. The van der Waals surface area contributed by atoms with Crippen LogP contribution in [0.3, 0.4) is 0 Å². The molecule has 4 heteroatoms. The summed E-state index contributed by atoms with van der Waals surface area (Å²) in [4.78, 5) is 23.2. The summed E-state index contributed by atoms with van der Waals surface area (Å²) in [6, 6.07) is 17.1. The van der Waals surface area contributed by atoms with E-state index in [-0.39, 0.29) is 17.9 Å². The van der Waals surface area contributed by atoms with Crippen molar-refractivity contribution in [3.8, 4) is 11.5 Å². The Bertz CT molecular complexity index is 1100. The second-order valence-electron chi connectivity index (χ2n) is 9.41. The van der Waals surface area contributed by atoms with Gasteiger partial charge in [-0.05, 0) is 78.1 Å². The summed E-state index contributed by atoms with van der Waals surface area (Å²) < 4.78 is 10.9. The molecule has 0 saturated carbocycles. The lowest BCUT2D eigenvalue weighted by Gasteiger charge is -2.23. The number of aryl methyl sites for hydroxylation is 4. The minimum absolute atomic E-state index is 0.0335. The second kappa shape index (κ2) is 10.3. The zero-order valence-electron chi connectivity index (χ0n) is 21.4. The van der Waals surface area contributed by atoms with Gasteiger partial charge in [0.2, 0.25) is 0 Å². The van der Waals surface area contributed by atoms with E-state index < -0.39 is 0 Å². The normalized spacial score (nSPS) is 11.1. The van der Waals surface area contributed by atoms with Gasteiger partial charge in [0.25, 0.3) is 0 Å². The maximum absolute atomic E-state index is 11.6. The van der Waals surface area contributed by atoms with Crippen molar-refractivity contribution < 1.29 is 19.1 Å². The van der Waals surface area contributed by atoms with Crippen LogP contribution >= 0.6 is 0 Å². The highest BCUT2D eigenvalue weighted by molar-refractivity contribution is 5.71. The van der Waals surface area contributed by atoms with Crippen molar-refractivity contribution in [1.29, 1.82) is 0 Å². The van der Waals surface area contributed by atoms with Gasteiger partial charge < -0.3 is 9.47 Å².